The van der Waals surface area contributed by atoms with Gasteiger partial charge in [0.1, 0.15) is 0 Å². The molecule has 4 atom stereocenters. The Morgan fingerprint density at radius 3 is 1.96 bits per heavy atom. The Balaban J connectivity index is 2.01. The number of ether oxygens (including phenoxy) is 3. The molecule has 4 N–H and O–H groups in total. The molecule has 4 unspecified atom stereocenters. The first-order valence-electron chi connectivity index (χ1n) is 9.32. The van der Waals surface area contributed by atoms with Crippen LogP contribution in [0.25, 0.3) is 0 Å². The quantitative estimate of drug-likeness (QED) is 0.198. The fourth-order valence-electron chi connectivity index (χ4n) is 3.49. The molecular weight excluding hydrogens is 344 g/mol. The summed E-state index contributed by atoms with van der Waals surface area (Å²) < 4.78 is 16.9. The van der Waals surface area contributed by atoms with Gasteiger partial charge in [0.25, 0.3) is 5.97 Å². The van der Waals surface area contributed by atoms with Crippen molar-refractivity contribution in [2.45, 2.75) is 56.7 Å². The second kappa shape index (κ2) is 10.3. The molecule has 1 fully saturated rings. The first-order valence-corrected chi connectivity index (χ1v) is 9.32. The van der Waals surface area contributed by atoms with Crippen molar-refractivity contribution < 1.29 is 39.4 Å². The lowest BCUT2D eigenvalue weighted by Crippen LogP contribution is -2.52. The number of rotatable bonds is 14. The van der Waals surface area contributed by atoms with E-state index < -0.39 is 36.0 Å². The molecule has 0 saturated carbocycles. The van der Waals surface area contributed by atoms with Gasteiger partial charge in [-0.1, -0.05) is 12.2 Å². The highest BCUT2D eigenvalue weighted by Gasteiger charge is 2.60. The summed E-state index contributed by atoms with van der Waals surface area (Å²) in [6.45, 7) is 0.573. The molecule has 0 radical (unpaired) electrons. The van der Waals surface area contributed by atoms with E-state index in [1.165, 1.54) is 0 Å². The molecule has 8 nitrogen and oxygen atoms in total. The molecule has 2 aliphatic rings. The van der Waals surface area contributed by atoms with E-state index in [1.807, 2.05) is 0 Å². The molecule has 0 aromatic heterocycles. The second-order valence-electron chi connectivity index (χ2n) is 6.74. The van der Waals surface area contributed by atoms with Gasteiger partial charge in [-0.3, -0.25) is 4.79 Å². The summed E-state index contributed by atoms with van der Waals surface area (Å²) in [5.74, 6) is -4.90. The SMILES string of the molecule is O=C(O)C1C2C=CC(O2)C1C(O)(OCCCCCO)OCCCCCO. The summed E-state index contributed by atoms with van der Waals surface area (Å²) in [4.78, 5) is 11.7. The van der Waals surface area contributed by atoms with Gasteiger partial charge in [0.2, 0.25) is 0 Å². The number of hydrogen-bond acceptors (Lipinski definition) is 7. The molecule has 26 heavy (non-hydrogen) atoms. The van der Waals surface area contributed by atoms with Gasteiger partial charge in [0.15, 0.2) is 0 Å². The minimum atomic E-state index is -2.05. The van der Waals surface area contributed by atoms with Crippen molar-refractivity contribution in [2.75, 3.05) is 26.4 Å². The lowest BCUT2D eigenvalue weighted by molar-refractivity contribution is -0.392. The maximum atomic E-state index is 11.7. The van der Waals surface area contributed by atoms with Gasteiger partial charge in [-0.2, -0.15) is 0 Å². The van der Waals surface area contributed by atoms with Crippen molar-refractivity contribution in [3.63, 3.8) is 0 Å². The average Bonchev–Trinajstić information content (AvgIpc) is 3.23. The summed E-state index contributed by atoms with van der Waals surface area (Å²) in [7, 11) is 0. The van der Waals surface area contributed by atoms with Crippen LogP contribution in [0, 0.1) is 11.8 Å². The third-order valence-electron chi connectivity index (χ3n) is 4.83. The fraction of sp³-hybridized carbons (Fsp3) is 0.833. The van der Waals surface area contributed by atoms with E-state index >= 15 is 0 Å². The van der Waals surface area contributed by atoms with Crippen LogP contribution < -0.4 is 0 Å². The molecule has 0 aromatic rings. The third-order valence-corrected chi connectivity index (χ3v) is 4.83. The lowest BCUT2D eigenvalue weighted by atomic mass is 9.81. The predicted molar refractivity (Wildman–Crippen MR) is 91.1 cm³/mol. The van der Waals surface area contributed by atoms with Gasteiger partial charge in [-0.05, 0) is 38.5 Å². The van der Waals surface area contributed by atoms with E-state index in [0.717, 1.165) is 12.8 Å². The number of carboxylic acids is 1. The zero-order chi connectivity index (χ0) is 19.0. The van der Waals surface area contributed by atoms with Crippen LogP contribution in [0.4, 0.5) is 0 Å². The highest BCUT2D eigenvalue weighted by Crippen LogP contribution is 2.45. The molecule has 2 heterocycles. The van der Waals surface area contributed by atoms with Crippen LogP contribution in [0.15, 0.2) is 12.2 Å². The van der Waals surface area contributed by atoms with Crippen LogP contribution in [0.2, 0.25) is 0 Å². The molecule has 0 aliphatic carbocycles. The molecule has 8 heteroatoms. The number of fused-ring (bicyclic) bond motifs is 2. The van der Waals surface area contributed by atoms with Crippen molar-refractivity contribution in [1.29, 1.82) is 0 Å². The molecule has 2 bridgehead atoms. The number of aliphatic carboxylic acids is 1. The van der Waals surface area contributed by atoms with Crippen LogP contribution in [-0.4, -0.2) is 71.0 Å². The summed E-state index contributed by atoms with van der Waals surface area (Å²) in [6, 6.07) is 0. The highest BCUT2D eigenvalue weighted by atomic mass is 16.8. The normalized spacial score (nSPS) is 27.3. The Morgan fingerprint density at radius 2 is 1.46 bits per heavy atom. The zero-order valence-corrected chi connectivity index (χ0v) is 15.0. The van der Waals surface area contributed by atoms with Gasteiger partial charge in [-0.25, -0.2) is 0 Å². The van der Waals surface area contributed by atoms with Crippen LogP contribution in [0.5, 0.6) is 0 Å². The van der Waals surface area contributed by atoms with Gasteiger partial charge in [0, 0.05) is 13.2 Å². The number of hydrogen-bond donors (Lipinski definition) is 4. The predicted octanol–water partition coefficient (Wildman–Crippen LogP) is 0.645. The van der Waals surface area contributed by atoms with Crippen molar-refractivity contribution in [2.24, 2.45) is 11.8 Å². The Kier molecular flexibility index (Phi) is 8.46. The molecule has 150 valence electrons. The Morgan fingerprint density at radius 1 is 0.923 bits per heavy atom. The topological polar surface area (TPSA) is 126 Å². The Hall–Kier alpha value is -1.03. The molecule has 2 rings (SSSR count). The summed E-state index contributed by atoms with van der Waals surface area (Å²) in [6.07, 6.45) is 6.26. The van der Waals surface area contributed by atoms with Gasteiger partial charge >= 0.3 is 5.97 Å². The second-order valence-corrected chi connectivity index (χ2v) is 6.74. The average molecular weight is 374 g/mol. The van der Waals surface area contributed by atoms with E-state index in [2.05, 4.69) is 0 Å². The monoisotopic (exact) mass is 374 g/mol. The number of carbonyl (C=O) groups is 1. The van der Waals surface area contributed by atoms with E-state index in [-0.39, 0.29) is 26.4 Å². The van der Waals surface area contributed by atoms with Crippen LogP contribution >= 0.6 is 0 Å². The van der Waals surface area contributed by atoms with Gasteiger partial charge in [-0.15, -0.1) is 0 Å². The van der Waals surface area contributed by atoms with Gasteiger partial charge < -0.3 is 34.6 Å². The van der Waals surface area contributed by atoms with Crippen LogP contribution in [0.3, 0.4) is 0 Å². The standard InChI is InChI=1S/C18H30O8/c19-9-3-1-5-11-24-18(23,25-12-6-2-4-10-20)16-14-8-7-13(26-14)15(16)17(21)22/h7-8,13-16,19-20,23H,1-6,9-12H2,(H,21,22). The number of aliphatic hydroxyl groups is 3. The molecule has 0 amide bonds. The minimum absolute atomic E-state index is 0.0950. The molecule has 0 aromatic carbocycles. The maximum absolute atomic E-state index is 11.7. The molecule has 1 saturated heterocycles. The number of carboxylic acid groups (broad SMARTS) is 1. The third kappa shape index (κ3) is 5.25. The minimum Gasteiger partial charge on any atom is -0.481 e. The first-order chi connectivity index (χ1) is 12.5. The highest BCUT2D eigenvalue weighted by molar-refractivity contribution is 5.73. The molecule has 0 spiro atoms. The van der Waals surface area contributed by atoms with E-state index in [9.17, 15) is 15.0 Å². The van der Waals surface area contributed by atoms with Crippen molar-refractivity contribution in [1.82, 2.24) is 0 Å². The van der Waals surface area contributed by atoms with E-state index in [0.29, 0.717) is 25.7 Å². The van der Waals surface area contributed by atoms with Crippen molar-refractivity contribution in [3.05, 3.63) is 12.2 Å². The number of aliphatic hydroxyl groups excluding tert-OH is 2. The molecular formula is C18H30O8. The summed E-state index contributed by atoms with van der Waals surface area (Å²) in [5, 5.41) is 38.3. The van der Waals surface area contributed by atoms with Gasteiger partial charge in [0.05, 0.1) is 37.3 Å². The van der Waals surface area contributed by atoms with E-state index in [4.69, 9.17) is 24.4 Å². The van der Waals surface area contributed by atoms with Crippen LogP contribution in [-0.2, 0) is 19.0 Å². The van der Waals surface area contributed by atoms with Crippen molar-refractivity contribution in [3.8, 4) is 0 Å². The first kappa shape index (κ1) is 21.3. The van der Waals surface area contributed by atoms with Crippen LogP contribution in [0.1, 0.15) is 38.5 Å². The summed E-state index contributed by atoms with van der Waals surface area (Å²) >= 11 is 0. The van der Waals surface area contributed by atoms with E-state index in [1.54, 1.807) is 12.2 Å². The zero-order valence-electron chi connectivity index (χ0n) is 15.0. The number of unbranched alkanes of at least 4 members (excludes halogenated alkanes) is 4. The Bertz CT molecular complexity index is 452. The fourth-order valence-corrected chi connectivity index (χ4v) is 3.49. The van der Waals surface area contributed by atoms with Crippen molar-refractivity contribution >= 4 is 5.97 Å². The lowest BCUT2D eigenvalue weighted by Gasteiger charge is -2.37. The largest absolute Gasteiger partial charge is 0.481 e. The summed E-state index contributed by atoms with van der Waals surface area (Å²) in [5.41, 5.74) is 0. The molecule has 2 aliphatic heterocycles. The smallest absolute Gasteiger partial charge is 0.310 e. The maximum Gasteiger partial charge on any atom is 0.310 e. The Labute approximate surface area is 153 Å².